The van der Waals surface area contributed by atoms with Crippen LogP contribution in [0.5, 0.6) is 5.75 Å². The SMILES string of the molecule is CCOc1ccc(CC(CNC(=O)c2cc(F)cc3[nH]cnc23)C(=O)O)cc1. The molecule has 0 spiro atoms. The molecule has 1 heterocycles. The van der Waals surface area contributed by atoms with E-state index < -0.39 is 23.6 Å². The first-order valence-electron chi connectivity index (χ1n) is 8.83. The Kier molecular flexibility index (Phi) is 5.88. The molecule has 3 rings (SSSR count). The number of carboxylic acid groups (broad SMARTS) is 1. The summed E-state index contributed by atoms with van der Waals surface area (Å²) in [6.45, 7) is 2.34. The topological polar surface area (TPSA) is 104 Å². The first-order valence-corrected chi connectivity index (χ1v) is 8.83. The summed E-state index contributed by atoms with van der Waals surface area (Å²) >= 11 is 0. The molecule has 0 aliphatic rings. The fraction of sp³-hybridized carbons (Fsp3) is 0.250. The van der Waals surface area contributed by atoms with E-state index in [9.17, 15) is 19.1 Å². The zero-order valence-corrected chi connectivity index (χ0v) is 15.2. The first kappa shape index (κ1) is 19.3. The number of hydrogen-bond acceptors (Lipinski definition) is 4. The number of hydrogen-bond donors (Lipinski definition) is 3. The van der Waals surface area contributed by atoms with Crippen molar-refractivity contribution in [3.63, 3.8) is 0 Å². The van der Waals surface area contributed by atoms with Gasteiger partial charge in [0.05, 0.1) is 29.9 Å². The molecule has 146 valence electrons. The van der Waals surface area contributed by atoms with Crippen LogP contribution in [0.25, 0.3) is 11.0 Å². The lowest BCUT2D eigenvalue weighted by atomic mass is 9.99. The van der Waals surface area contributed by atoms with E-state index in [1.807, 2.05) is 6.92 Å². The van der Waals surface area contributed by atoms with E-state index in [4.69, 9.17) is 4.74 Å². The number of halogens is 1. The maximum absolute atomic E-state index is 13.7. The molecule has 0 radical (unpaired) electrons. The number of rotatable bonds is 8. The van der Waals surface area contributed by atoms with Crippen molar-refractivity contribution in [2.45, 2.75) is 13.3 Å². The van der Waals surface area contributed by atoms with Gasteiger partial charge < -0.3 is 20.1 Å². The summed E-state index contributed by atoms with van der Waals surface area (Å²) in [7, 11) is 0. The first-order chi connectivity index (χ1) is 13.5. The summed E-state index contributed by atoms with van der Waals surface area (Å²) in [6, 6.07) is 9.46. The van der Waals surface area contributed by atoms with Crippen LogP contribution in [-0.4, -0.2) is 40.1 Å². The zero-order chi connectivity index (χ0) is 20.1. The van der Waals surface area contributed by atoms with Gasteiger partial charge >= 0.3 is 5.97 Å². The minimum atomic E-state index is -1.03. The largest absolute Gasteiger partial charge is 0.494 e. The van der Waals surface area contributed by atoms with Crippen LogP contribution in [0.4, 0.5) is 4.39 Å². The highest BCUT2D eigenvalue weighted by Gasteiger charge is 2.21. The Morgan fingerprint density at radius 3 is 2.71 bits per heavy atom. The van der Waals surface area contributed by atoms with E-state index in [2.05, 4.69) is 15.3 Å². The van der Waals surface area contributed by atoms with Crippen LogP contribution < -0.4 is 10.1 Å². The van der Waals surface area contributed by atoms with Gasteiger partial charge in [-0.25, -0.2) is 9.37 Å². The molecule has 1 aromatic heterocycles. The zero-order valence-electron chi connectivity index (χ0n) is 15.2. The van der Waals surface area contributed by atoms with Crippen LogP contribution in [0.15, 0.2) is 42.7 Å². The monoisotopic (exact) mass is 385 g/mol. The number of fused-ring (bicyclic) bond motifs is 1. The molecule has 0 fully saturated rings. The Hall–Kier alpha value is -3.42. The summed E-state index contributed by atoms with van der Waals surface area (Å²) in [5, 5.41) is 12.1. The quantitative estimate of drug-likeness (QED) is 0.553. The van der Waals surface area contributed by atoms with Gasteiger partial charge in [0.15, 0.2) is 0 Å². The number of carbonyl (C=O) groups excluding carboxylic acids is 1. The Labute approximate surface area is 160 Å². The number of benzene rings is 2. The lowest BCUT2D eigenvalue weighted by molar-refractivity contribution is -0.141. The number of ether oxygens (including phenoxy) is 1. The molecule has 0 saturated carbocycles. The van der Waals surface area contributed by atoms with E-state index in [0.717, 1.165) is 11.6 Å². The lowest BCUT2D eigenvalue weighted by Gasteiger charge is -2.14. The van der Waals surface area contributed by atoms with Crippen molar-refractivity contribution in [1.29, 1.82) is 0 Å². The van der Waals surface area contributed by atoms with Crippen molar-refractivity contribution in [1.82, 2.24) is 15.3 Å². The van der Waals surface area contributed by atoms with Gasteiger partial charge in [0, 0.05) is 6.54 Å². The normalized spacial score (nSPS) is 11.9. The van der Waals surface area contributed by atoms with E-state index in [1.165, 1.54) is 12.4 Å². The number of carbonyl (C=O) groups is 2. The van der Waals surface area contributed by atoms with Gasteiger partial charge in [-0.1, -0.05) is 12.1 Å². The average molecular weight is 385 g/mol. The van der Waals surface area contributed by atoms with Gasteiger partial charge in [0.2, 0.25) is 0 Å². The summed E-state index contributed by atoms with van der Waals surface area (Å²) in [5.41, 5.74) is 1.60. The third kappa shape index (κ3) is 4.46. The van der Waals surface area contributed by atoms with Crippen LogP contribution in [0.2, 0.25) is 0 Å². The number of amides is 1. The van der Waals surface area contributed by atoms with Crippen molar-refractivity contribution < 1.29 is 23.8 Å². The molecule has 2 aromatic carbocycles. The van der Waals surface area contributed by atoms with Gasteiger partial charge in [-0.05, 0) is 43.2 Å². The lowest BCUT2D eigenvalue weighted by Crippen LogP contribution is -2.34. The predicted molar refractivity (Wildman–Crippen MR) is 101 cm³/mol. The number of aliphatic carboxylic acids is 1. The number of H-pyrrole nitrogens is 1. The van der Waals surface area contributed by atoms with Crippen LogP contribution in [0, 0.1) is 11.7 Å². The van der Waals surface area contributed by atoms with E-state index in [0.29, 0.717) is 23.4 Å². The van der Waals surface area contributed by atoms with Crippen molar-refractivity contribution >= 4 is 22.9 Å². The van der Waals surface area contributed by atoms with Crippen LogP contribution in [-0.2, 0) is 11.2 Å². The number of imidazole rings is 1. The van der Waals surface area contributed by atoms with Gasteiger partial charge in [0.1, 0.15) is 17.1 Å². The van der Waals surface area contributed by atoms with Crippen LogP contribution >= 0.6 is 0 Å². The van der Waals surface area contributed by atoms with Crippen LogP contribution in [0.3, 0.4) is 0 Å². The number of nitrogens with zero attached hydrogens (tertiary/aromatic N) is 1. The minimum absolute atomic E-state index is 0.0569. The van der Waals surface area contributed by atoms with Gasteiger partial charge in [-0.2, -0.15) is 0 Å². The molecule has 7 nitrogen and oxygen atoms in total. The molecule has 3 aromatic rings. The number of aromatic nitrogens is 2. The highest BCUT2D eigenvalue weighted by Crippen LogP contribution is 2.18. The van der Waals surface area contributed by atoms with E-state index >= 15 is 0 Å². The minimum Gasteiger partial charge on any atom is -0.494 e. The maximum atomic E-state index is 13.7. The number of aromatic amines is 1. The van der Waals surface area contributed by atoms with Crippen molar-refractivity contribution in [3.8, 4) is 5.75 Å². The third-order valence-corrected chi connectivity index (χ3v) is 4.31. The molecule has 0 aliphatic heterocycles. The number of nitrogens with one attached hydrogen (secondary N) is 2. The van der Waals surface area contributed by atoms with Crippen molar-refractivity contribution in [3.05, 3.63) is 59.7 Å². The van der Waals surface area contributed by atoms with Crippen LogP contribution in [0.1, 0.15) is 22.8 Å². The summed E-state index contributed by atoms with van der Waals surface area (Å²) in [5.74, 6) is -2.30. The summed E-state index contributed by atoms with van der Waals surface area (Å²) < 4.78 is 19.1. The molecule has 28 heavy (non-hydrogen) atoms. The molecule has 3 N–H and O–H groups in total. The molecule has 1 unspecified atom stereocenters. The Morgan fingerprint density at radius 1 is 1.29 bits per heavy atom. The van der Waals surface area contributed by atoms with Gasteiger partial charge in [-0.3, -0.25) is 9.59 Å². The molecule has 0 bridgehead atoms. The molecule has 0 aliphatic carbocycles. The smallest absolute Gasteiger partial charge is 0.308 e. The standard InChI is InChI=1S/C20H20FN3O4/c1-2-28-15-5-3-12(4-6-15)7-13(20(26)27)10-22-19(25)16-8-14(21)9-17-18(16)24-11-23-17/h3-6,8-9,11,13H,2,7,10H2,1H3,(H,22,25)(H,23,24)(H,26,27). The van der Waals surface area contributed by atoms with E-state index in [-0.39, 0.29) is 18.5 Å². The molecule has 0 saturated heterocycles. The van der Waals surface area contributed by atoms with Gasteiger partial charge in [-0.15, -0.1) is 0 Å². The van der Waals surface area contributed by atoms with Gasteiger partial charge in [0.25, 0.3) is 5.91 Å². The molecule has 8 heteroatoms. The fourth-order valence-electron chi connectivity index (χ4n) is 2.92. The second kappa shape index (κ2) is 8.51. The number of carboxylic acids is 1. The average Bonchev–Trinajstić information content (AvgIpc) is 3.13. The summed E-state index contributed by atoms with van der Waals surface area (Å²) in [4.78, 5) is 30.8. The summed E-state index contributed by atoms with van der Waals surface area (Å²) in [6.07, 6.45) is 1.61. The predicted octanol–water partition coefficient (Wildman–Crippen LogP) is 2.77. The second-order valence-electron chi connectivity index (χ2n) is 6.28. The molecular weight excluding hydrogens is 365 g/mol. The van der Waals surface area contributed by atoms with Crippen molar-refractivity contribution in [2.75, 3.05) is 13.2 Å². The Balaban J connectivity index is 1.68. The molecule has 1 atom stereocenters. The van der Waals surface area contributed by atoms with E-state index in [1.54, 1.807) is 24.3 Å². The maximum Gasteiger partial charge on any atom is 0.308 e. The highest BCUT2D eigenvalue weighted by atomic mass is 19.1. The Bertz CT molecular complexity index is 985. The third-order valence-electron chi connectivity index (χ3n) is 4.31. The Morgan fingerprint density at radius 2 is 2.04 bits per heavy atom. The second-order valence-corrected chi connectivity index (χ2v) is 6.28. The fourth-order valence-corrected chi connectivity index (χ4v) is 2.92. The molecule has 1 amide bonds. The van der Waals surface area contributed by atoms with Crippen molar-refractivity contribution in [2.24, 2.45) is 5.92 Å². The molecular formula is C20H20FN3O4. The highest BCUT2D eigenvalue weighted by molar-refractivity contribution is 6.04.